The number of hydrogen-bond acceptors (Lipinski definition) is 3. The van der Waals surface area contributed by atoms with Gasteiger partial charge in [-0.25, -0.2) is 4.79 Å². The summed E-state index contributed by atoms with van der Waals surface area (Å²) in [7, 11) is 3.47. The van der Waals surface area contributed by atoms with E-state index in [1.807, 2.05) is 4.90 Å². The highest BCUT2D eigenvalue weighted by molar-refractivity contribution is 5.74. The van der Waals surface area contributed by atoms with E-state index >= 15 is 0 Å². The van der Waals surface area contributed by atoms with E-state index in [0.29, 0.717) is 5.92 Å². The average Bonchev–Trinajstić information content (AvgIpc) is 2.79. The fourth-order valence-electron chi connectivity index (χ4n) is 3.36. The maximum absolute atomic E-state index is 12.4. The van der Waals surface area contributed by atoms with Crippen LogP contribution in [0.25, 0.3) is 0 Å². The molecule has 2 aliphatic rings. The Kier molecular flexibility index (Phi) is 6.10. The summed E-state index contributed by atoms with van der Waals surface area (Å²) in [5, 5.41) is 3.19. The van der Waals surface area contributed by atoms with Gasteiger partial charge in [-0.1, -0.05) is 19.3 Å². The monoisotopic (exact) mass is 284 g/mol. The highest BCUT2D eigenvalue weighted by Gasteiger charge is 2.30. The van der Waals surface area contributed by atoms with Gasteiger partial charge in [0, 0.05) is 33.2 Å². The zero-order valence-electron chi connectivity index (χ0n) is 12.8. The third-order valence-electron chi connectivity index (χ3n) is 4.54. The van der Waals surface area contributed by atoms with Crippen LogP contribution >= 0.6 is 0 Å². The standard InChI is InChI=1S/C15H28N2O3/c1-19-11-12-8-9-17(10-12)15(18)16-13-6-4-3-5-7-14(13)20-2/h12-14H,3-11H2,1-2H3,(H,16,18)/t12-,13-,14-/m1/s1. The number of carbonyl (C=O) groups excluding carboxylic acids is 1. The van der Waals surface area contributed by atoms with Gasteiger partial charge in [0.05, 0.1) is 18.8 Å². The Morgan fingerprint density at radius 2 is 2.00 bits per heavy atom. The van der Waals surface area contributed by atoms with Crippen molar-refractivity contribution in [3.8, 4) is 0 Å². The molecule has 0 aromatic heterocycles. The number of likely N-dealkylation sites (tertiary alicyclic amines) is 1. The SMILES string of the molecule is COC[C@@H]1CCN(C(=O)N[C@@H]2CCCCC[C@H]2OC)C1. The Hall–Kier alpha value is -0.810. The van der Waals surface area contributed by atoms with Crippen molar-refractivity contribution >= 4 is 6.03 Å². The Morgan fingerprint density at radius 3 is 2.75 bits per heavy atom. The molecule has 5 nitrogen and oxygen atoms in total. The molecule has 3 atom stereocenters. The molecule has 20 heavy (non-hydrogen) atoms. The Bertz CT molecular complexity index is 311. The summed E-state index contributed by atoms with van der Waals surface area (Å²) in [4.78, 5) is 14.3. The second-order valence-corrected chi connectivity index (χ2v) is 6.02. The van der Waals surface area contributed by atoms with Crippen molar-refractivity contribution in [1.29, 1.82) is 0 Å². The Morgan fingerprint density at radius 1 is 1.20 bits per heavy atom. The molecule has 0 unspecified atom stereocenters. The van der Waals surface area contributed by atoms with Gasteiger partial charge in [-0.15, -0.1) is 0 Å². The van der Waals surface area contributed by atoms with Crippen LogP contribution in [-0.4, -0.2) is 57.0 Å². The minimum absolute atomic E-state index is 0.0672. The minimum atomic E-state index is 0.0672. The number of rotatable bonds is 4. The summed E-state index contributed by atoms with van der Waals surface area (Å²) in [6.45, 7) is 2.39. The first kappa shape index (κ1) is 15.6. The van der Waals surface area contributed by atoms with Gasteiger partial charge in [0.15, 0.2) is 0 Å². The van der Waals surface area contributed by atoms with Crippen molar-refractivity contribution in [1.82, 2.24) is 10.2 Å². The van der Waals surface area contributed by atoms with Crippen molar-refractivity contribution in [3.05, 3.63) is 0 Å². The van der Waals surface area contributed by atoms with E-state index in [4.69, 9.17) is 9.47 Å². The van der Waals surface area contributed by atoms with Gasteiger partial charge in [0.1, 0.15) is 0 Å². The predicted molar refractivity (Wildman–Crippen MR) is 77.8 cm³/mol. The fourth-order valence-corrected chi connectivity index (χ4v) is 3.36. The molecule has 1 heterocycles. The summed E-state index contributed by atoms with van der Waals surface area (Å²) >= 11 is 0. The largest absolute Gasteiger partial charge is 0.384 e. The van der Waals surface area contributed by atoms with Gasteiger partial charge < -0.3 is 19.7 Å². The summed E-state index contributed by atoms with van der Waals surface area (Å²) in [5.41, 5.74) is 0. The Labute approximate surface area is 122 Å². The van der Waals surface area contributed by atoms with E-state index in [1.54, 1.807) is 14.2 Å². The number of urea groups is 1. The summed E-state index contributed by atoms with van der Waals surface area (Å²) < 4.78 is 10.7. The molecule has 1 N–H and O–H groups in total. The van der Waals surface area contributed by atoms with E-state index < -0.39 is 0 Å². The molecule has 2 fully saturated rings. The number of ether oxygens (including phenoxy) is 2. The lowest BCUT2D eigenvalue weighted by atomic mass is 10.1. The summed E-state index contributed by atoms with van der Waals surface area (Å²) in [5.74, 6) is 0.484. The first-order chi connectivity index (χ1) is 9.74. The lowest BCUT2D eigenvalue weighted by Gasteiger charge is -2.27. The van der Waals surface area contributed by atoms with Gasteiger partial charge in [-0.2, -0.15) is 0 Å². The van der Waals surface area contributed by atoms with Gasteiger partial charge in [-0.3, -0.25) is 0 Å². The van der Waals surface area contributed by atoms with E-state index in [1.165, 1.54) is 19.3 Å². The van der Waals surface area contributed by atoms with Crippen LogP contribution in [0.5, 0.6) is 0 Å². The number of amides is 2. The molecule has 0 aromatic carbocycles. The van der Waals surface area contributed by atoms with Gasteiger partial charge in [0.2, 0.25) is 0 Å². The molecule has 0 radical (unpaired) electrons. The summed E-state index contributed by atoms with van der Waals surface area (Å²) in [6, 6.07) is 0.231. The molecule has 0 aromatic rings. The fraction of sp³-hybridized carbons (Fsp3) is 0.933. The van der Waals surface area contributed by atoms with Crippen molar-refractivity contribution < 1.29 is 14.3 Å². The molecule has 2 rings (SSSR count). The van der Waals surface area contributed by atoms with E-state index in [2.05, 4.69) is 5.32 Å². The van der Waals surface area contributed by atoms with Gasteiger partial charge in [-0.05, 0) is 19.3 Å². The highest BCUT2D eigenvalue weighted by Crippen LogP contribution is 2.21. The van der Waals surface area contributed by atoms with Crippen LogP contribution < -0.4 is 5.32 Å². The maximum Gasteiger partial charge on any atom is 0.317 e. The van der Waals surface area contributed by atoms with Crippen molar-refractivity contribution in [3.63, 3.8) is 0 Å². The van der Waals surface area contributed by atoms with Crippen LogP contribution in [0.2, 0.25) is 0 Å². The number of carbonyl (C=O) groups is 1. The lowest BCUT2D eigenvalue weighted by molar-refractivity contribution is 0.0639. The van der Waals surface area contributed by atoms with Crippen LogP contribution in [0, 0.1) is 5.92 Å². The normalized spacial score (nSPS) is 31.1. The van der Waals surface area contributed by atoms with Gasteiger partial charge >= 0.3 is 6.03 Å². The second kappa shape index (κ2) is 7.84. The topological polar surface area (TPSA) is 50.8 Å². The number of nitrogens with zero attached hydrogens (tertiary/aromatic N) is 1. The molecule has 1 aliphatic heterocycles. The quantitative estimate of drug-likeness (QED) is 0.804. The molecule has 2 amide bonds. The molecular weight excluding hydrogens is 256 g/mol. The number of methoxy groups -OCH3 is 2. The lowest BCUT2D eigenvalue weighted by Crippen LogP contribution is -2.49. The highest BCUT2D eigenvalue weighted by atomic mass is 16.5. The van der Waals surface area contributed by atoms with Crippen molar-refractivity contribution in [2.24, 2.45) is 5.92 Å². The van der Waals surface area contributed by atoms with Crippen molar-refractivity contribution in [2.45, 2.75) is 50.7 Å². The number of hydrogen-bond donors (Lipinski definition) is 1. The number of nitrogens with one attached hydrogen (secondary N) is 1. The Balaban J connectivity index is 1.83. The van der Waals surface area contributed by atoms with E-state index in [-0.39, 0.29) is 18.2 Å². The van der Waals surface area contributed by atoms with Crippen LogP contribution in [0.15, 0.2) is 0 Å². The first-order valence-electron chi connectivity index (χ1n) is 7.81. The molecular formula is C15H28N2O3. The van der Waals surface area contributed by atoms with Crippen LogP contribution in [0.3, 0.4) is 0 Å². The zero-order chi connectivity index (χ0) is 14.4. The van der Waals surface area contributed by atoms with Crippen molar-refractivity contribution in [2.75, 3.05) is 33.9 Å². The molecule has 1 saturated carbocycles. The van der Waals surface area contributed by atoms with Crippen LogP contribution in [0.4, 0.5) is 4.79 Å². The van der Waals surface area contributed by atoms with Gasteiger partial charge in [0.25, 0.3) is 0 Å². The summed E-state index contributed by atoms with van der Waals surface area (Å²) in [6.07, 6.45) is 6.90. The predicted octanol–water partition coefficient (Wildman–Crippen LogP) is 2.01. The maximum atomic E-state index is 12.4. The average molecular weight is 284 g/mol. The third-order valence-corrected chi connectivity index (χ3v) is 4.54. The van der Waals surface area contributed by atoms with E-state index in [0.717, 1.165) is 39.0 Å². The molecule has 116 valence electrons. The minimum Gasteiger partial charge on any atom is -0.384 e. The molecule has 1 aliphatic carbocycles. The van der Waals surface area contributed by atoms with Crippen LogP contribution in [-0.2, 0) is 9.47 Å². The molecule has 0 spiro atoms. The third kappa shape index (κ3) is 4.09. The van der Waals surface area contributed by atoms with Crippen LogP contribution in [0.1, 0.15) is 38.5 Å². The second-order valence-electron chi connectivity index (χ2n) is 6.02. The zero-order valence-corrected chi connectivity index (χ0v) is 12.8. The molecule has 5 heteroatoms. The van der Waals surface area contributed by atoms with E-state index in [9.17, 15) is 4.79 Å². The molecule has 1 saturated heterocycles. The molecule has 0 bridgehead atoms. The first-order valence-corrected chi connectivity index (χ1v) is 7.81. The smallest absolute Gasteiger partial charge is 0.317 e.